The summed E-state index contributed by atoms with van der Waals surface area (Å²) in [6.45, 7) is 5.65. The Morgan fingerprint density at radius 2 is 2.08 bits per heavy atom. The van der Waals surface area contributed by atoms with Crippen LogP contribution in [-0.2, 0) is 5.41 Å². The smallest absolute Gasteiger partial charge is 0.339 e. The molecule has 1 aromatic heterocycles. The average molecular weight is 375 g/mol. The summed E-state index contributed by atoms with van der Waals surface area (Å²) in [5.41, 5.74) is -0.733. The summed E-state index contributed by atoms with van der Waals surface area (Å²) in [7, 11) is 0. The molecule has 26 heavy (non-hydrogen) atoms. The zero-order valence-electron chi connectivity index (χ0n) is 14.2. The number of carbonyl (C=O) groups excluding carboxylic acids is 1. The summed E-state index contributed by atoms with van der Waals surface area (Å²) >= 11 is 5.84. The van der Waals surface area contributed by atoms with Crippen molar-refractivity contribution in [3.8, 4) is 6.07 Å². The highest BCUT2D eigenvalue weighted by Crippen LogP contribution is 2.28. The van der Waals surface area contributed by atoms with Gasteiger partial charge in [0.05, 0.1) is 5.02 Å². The van der Waals surface area contributed by atoms with Gasteiger partial charge in [0.1, 0.15) is 23.1 Å². The highest BCUT2D eigenvalue weighted by atomic mass is 35.5. The molecule has 0 aliphatic rings. The van der Waals surface area contributed by atoms with Crippen LogP contribution in [0.1, 0.15) is 47.4 Å². The molecule has 2 rings (SSSR count). The largest absolute Gasteiger partial charge is 0.478 e. The number of hydrogen-bond acceptors (Lipinski definition) is 7. The second-order valence-electron chi connectivity index (χ2n) is 6.38. The summed E-state index contributed by atoms with van der Waals surface area (Å²) in [5, 5.41) is 29.4. The molecule has 0 aliphatic carbocycles. The van der Waals surface area contributed by atoms with Crippen LogP contribution in [0.25, 0.3) is 0 Å². The number of aromatic nitrogens is 1. The predicted octanol–water partition coefficient (Wildman–Crippen LogP) is 4.18. The minimum atomic E-state index is -1.49. The molecular formula is C17H15ClN4O4. The number of rotatable bonds is 5. The molecule has 134 valence electrons. The molecule has 0 radical (unpaired) electrons. The first-order chi connectivity index (χ1) is 12.1. The minimum Gasteiger partial charge on any atom is -0.478 e. The van der Waals surface area contributed by atoms with Crippen molar-refractivity contribution >= 4 is 29.0 Å². The van der Waals surface area contributed by atoms with E-state index in [0.717, 1.165) is 0 Å². The van der Waals surface area contributed by atoms with Gasteiger partial charge in [0, 0.05) is 11.5 Å². The minimum absolute atomic E-state index is 0.0277. The number of hydrogen-bond donors (Lipinski definition) is 1. The third-order valence-electron chi connectivity index (χ3n) is 3.36. The molecule has 0 fully saturated rings. The summed E-state index contributed by atoms with van der Waals surface area (Å²) in [6.07, 6.45) is 0. The van der Waals surface area contributed by atoms with Crippen molar-refractivity contribution in [2.75, 3.05) is 0 Å². The second-order valence-corrected chi connectivity index (χ2v) is 6.78. The van der Waals surface area contributed by atoms with Gasteiger partial charge in [-0.25, -0.2) is 4.79 Å². The van der Waals surface area contributed by atoms with Crippen LogP contribution in [0.3, 0.4) is 0 Å². The van der Waals surface area contributed by atoms with Crippen LogP contribution in [0.4, 0.5) is 5.69 Å². The number of nitriles is 1. The summed E-state index contributed by atoms with van der Waals surface area (Å²) in [6, 6.07) is 5.91. The van der Waals surface area contributed by atoms with Crippen molar-refractivity contribution in [1.82, 2.24) is 5.16 Å². The molecule has 1 N–H and O–H groups in total. The van der Waals surface area contributed by atoms with E-state index in [4.69, 9.17) is 16.1 Å². The molecule has 0 saturated carbocycles. The third kappa shape index (κ3) is 4.13. The fourth-order valence-electron chi connectivity index (χ4n) is 1.95. The Balaban J connectivity index is 2.30. The van der Waals surface area contributed by atoms with Crippen molar-refractivity contribution in [2.24, 2.45) is 10.2 Å². The number of aromatic carboxylic acids is 1. The van der Waals surface area contributed by atoms with Gasteiger partial charge in [0.2, 0.25) is 11.8 Å². The molecule has 1 atom stereocenters. The molecule has 1 heterocycles. The molecular weight excluding hydrogens is 360 g/mol. The fourth-order valence-corrected chi connectivity index (χ4v) is 2.20. The van der Waals surface area contributed by atoms with Gasteiger partial charge < -0.3 is 9.63 Å². The fraction of sp³-hybridized carbons (Fsp3) is 0.294. The maximum absolute atomic E-state index is 12.4. The standard InChI is InChI=1S/C17H15ClN4O4/c1-17(2,3)13-7-11(22-26-13)15(23)12(8-19)21-20-10-6-4-5-9(18)14(10)16(24)25/h4-7,12H,1-3H3,(H,24,25). The van der Waals surface area contributed by atoms with Crippen LogP contribution in [0.15, 0.2) is 39.0 Å². The van der Waals surface area contributed by atoms with E-state index in [9.17, 15) is 20.0 Å². The first-order valence-electron chi connectivity index (χ1n) is 7.49. The van der Waals surface area contributed by atoms with E-state index in [2.05, 4.69) is 15.4 Å². The van der Waals surface area contributed by atoms with Crippen LogP contribution in [0, 0.1) is 11.3 Å². The van der Waals surface area contributed by atoms with E-state index in [-0.39, 0.29) is 27.4 Å². The van der Waals surface area contributed by atoms with E-state index in [1.807, 2.05) is 20.8 Å². The molecule has 0 saturated heterocycles. The molecule has 0 spiro atoms. The Labute approximate surface area is 154 Å². The quantitative estimate of drug-likeness (QED) is 0.617. The molecule has 8 nitrogen and oxygen atoms in total. The summed E-state index contributed by atoms with van der Waals surface area (Å²) in [5.74, 6) is -1.51. The van der Waals surface area contributed by atoms with Gasteiger partial charge in [-0.2, -0.15) is 15.5 Å². The molecule has 0 amide bonds. The molecule has 2 aromatic rings. The molecule has 0 bridgehead atoms. The predicted molar refractivity (Wildman–Crippen MR) is 91.9 cm³/mol. The molecule has 9 heteroatoms. The number of ketones is 1. The topological polar surface area (TPSA) is 129 Å². The maximum atomic E-state index is 12.4. The van der Waals surface area contributed by atoms with Crippen LogP contribution >= 0.6 is 11.6 Å². The lowest BCUT2D eigenvalue weighted by Crippen LogP contribution is -2.17. The second kappa shape index (κ2) is 7.45. The zero-order chi connectivity index (χ0) is 19.5. The van der Waals surface area contributed by atoms with Gasteiger partial charge in [-0.05, 0) is 12.1 Å². The van der Waals surface area contributed by atoms with Crippen molar-refractivity contribution in [1.29, 1.82) is 5.26 Å². The summed E-state index contributed by atoms with van der Waals surface area (Å²) in [4.78, 5) is 23.7. The van der Waals surface area contributed by atoms with Gasteiger partial charge in [-0.3, -0.25) is 4.79 Å². The van der Waals surface area contributed by atoms with E-state index in [0.29, 0.717) is 5.76 Å². The molecule has 1 aromatic carbocycles. The Bertz CT molecular complexity index is 922. The van der Waals surface area contributed by atoms with Crippen molar-refractivity contribution in [3.63, 3.8) is 0 Å². The van der Waals surface area contributed by atoms with Crippen molar-refractivity contribution in [2.45, 2.75) is 32.2 Å². The zero-order valence-corrected chi connectivity index (χ0v) is 15.0. The van der Waals surface area contributed by atoms with E-state index in [1.54, 1.807) is 6.07 Å². The van der Waals surface area contributed by atoms with Crippen molar-refractivity contribution < 1.29 is 19.2 Å². The van der Waals surface area contributed by atoms with Crippen molar-refractivity contribution in [3.05, 3.63) is 46.3 Å². The third-order valence-corrected chi connectivity index (χ3v) is 3.67. The number of nitrogens with zero attached hydrogens (tertiary/aromatic N) is 4. The number of halogens is 1. The van der Waals surface area contributed by atoms with Crippen LogP contribution in [0.2, 0.25) is 5.02 Å². The highest BCUT2D eigenvalue weighted by Gasteiger charge is 2.27. The SMILES string of the molecule is CC(C)(C)c1cc(C(=O)C(C#N)N=Nc2cccc(Cl)c2C(=O)O)no1. The van der Waals surface area contributed by atoms with Gasteiger partial charge >= 0.3 is 5.97 Å². The van der Waals surface area contributed by atoms with Crippen LogP contribution in [0.5, 0.6) is 0 Å². The number of carboxylic acids is 1. The van der Waals surface area contributed by atoms with E-state index >= 15 is 0 Å². The van der Waals surface area contributed by atoms with E-state index in [1.165, 1.54) is 24.3 Å². The van der Waals surface area contributed by atoms with Crippen LogP contribution < -0.4 is 0 Å². The molecule has 0 aliphatic heterocycles. The Hall–Kier alpha value is -3.05. The Morgan fingerprint density at radius 3 is 2.62 bits per heavy atom. The van der Waals surface area contributed by atoms with Gasteiger partial charge in [0.15, 0.2) is 5.69 Å². The summed E-state index contributed by atoms with van der Waals surface area (Å²) < 4.78 is 5.13. The lowest BCUT2D eigenvalue weighted by atomic mass is 9.93. The Kier molecular flexibility index (Phi) is 5.53. The number of benzene rings is 1. The number of azo groups is 1. The lowest BCUT2D eigenvalue weighted by Gasteiger charge is -2.12. The van der Waals surface area contributed by atoms with Gasteiger partial charge in [-0.15, -0.1) is 0 Å². The first kappa shape index (κ1) is 19.3. The molecule has 1 unspecified atom stereocenters. The van der Waals surface area contributed by atoms with Gasteiger partial charge in [-0.1, -0.05) is 43.6 Å². The average Bonchev–Trinajstić information content (AvgIpc) is 3.05. The first-order valence-corrected chi connectivity index (χ1v) is 7.86. The monoisotopic (exact) mass is 374 g/mol. The highest BCUT2D eigenvalue weighted by molar-refractivity contribution is 6.34. The number of Topliss-reactive ketones (excluding diaryl/α,β-unsaturated/α-hetero) is 1. The maximum Gasteiger partial charge on any atom is 0.339 e. The number of carboxylic acid groups (broad SMARTS) is 1. The van der Waals surface area contributed by atoms with E-state index < -0.39 is 17.8 Å². The Morgan fingerprint density at radius 1 is 1.38 bits per heavy atom. The van der Waals surface area contributed by atoms with Crippen LogP contribution in [-0.4, -0.2) is 28.1 Å². The number of carbonyl (C=O) groups is 2. The normalized spacial score (nSPS) is 12.7. The lowest BCUT2D eigenvalue weighted by molar-refractivity contribution is 0.0697. The van der Waals surface area contributed by atoms with Gasteiger partial charge in [0.25, 0.3) is 0 Å².